The molecule has 3 heterocycles. The van der Waals surface area contributed by atoms with Gasteiger partial charge in [0.25, 0.3) is 5.91 Å². The van der Waals surface area contributed by atoms with Crippen molar-refractivity contribution in [2.45, 2.75) is 25.9 Å². The topological polar surface area (TPSA) is 63.9 Å². The fourth-order valence-electron chi connectivity index (χ4n) is 2.96. The Labute approximate surface area is 137 Å². The van der Waals surface area contributed by atoms with E-state index in [4.69, 9.17) is 0 Å². The highest BCUT2D eigenvalue weighted by atomic mass is 32.1. The van der Waals surface area contributed by atoms with Gasteiger partial charge in [0.1, 0.15) is 6.54 Å². The van der Waals surface area contributed by atoms with Gasteiger partial charge in [-0.2, -0.15) is 16.1 Å². The number of nitrogens with zero attached hydrogens (tertiary/aromatic N) is 5. The zero-order chi connectivity index (χ0) is 15.8. The molecule has 0 unspecified atom stereocenters. The summed E-state index contributed by atoms with van der Waals surface area (Å²) in [5.41, 5.74) is 3.12. The third kappa shape index (κ3) is 2.53. The van der Waals surface area contributed by atoms with Crippen LogP contribution in [0.4, 0.5) is 5.69 Å². The van der Waals surface area contributed by atoms with E-state index in [1.165, 1.54) is 10.4 Å². The number of fused-ring (bicyclic) bond motifs is 1. The van der Waals surface area contributed by atoms with Crippen LogP contribution in [-0.2, 0) is 17.8 Å². The van der Waals surface area contributed by atoms with Crippen molar-refractivity contribution in [1.82, 2.24) is 20.2 Å². The minimum absolute atomic E-state index is 0.0169. The van der Waals surface area contributed by atoms with Gasteiger partial charge >= 0.3 is 0 Å². The minimum Gasteiger partial charge on any atom is -0.307 e. The quantitative estimate of drug-likeness (QED) is 0.742. The maximum atomic E-state index is 12.7. The first-order valence-electron chi connectivity index (χ1n) is 7.43. The Kier molecular flexibility index (Phi) is 3.42. The number of aromatic nitrogens is 4. The summed E-state index contributed by atoms with van der Waals surface area (Å²) < 4.78 is 0. The number of rotatable bonds is 3. The van der Waals surface area contributed by atoms with Crippen LogP contribution in [0, 0.1) is 0 Å². The molecular formula is C16H15N5OS. The molecule has 0 spiro atoms. The number of hydrogen-bond donors (Lipinski definition) is 0. The van der Waals surface area contributed by atoms with Crippen molar-refractivity contribution in [1.29, 1.82) is 0 Å². The second kappa shape index (κ2) is 5.58. The second-order valence-electron chi connectivity index (χ2n) is 5.60. The number of amides is 1. The van der Waals surface area contributed by atoms with Crippen molar-refractivity contribution in [2.24, 2.45) is 0 Å². The summed E-state index contributed by atoms with van der Waals surface area (Å²) in [4.78, 5) is 15.9. The molecule has 1 atom stereocenters. The van der Waals surface area contributed by atoms with Crippen LogP contribution in [0.3, 0.4) is 0 Å². The van der Waals surface area contributed by atoms with E-state index < -0.39 is 0 Å². The van der Waals surface area contributed by atoms with Crippen LogP contribution in [0.1, 0.15) is 12.5 Å². The summed E-state index contributed by atoms with van der Waals surface area (Å²) in [6.45, 7) is 2.15. The first-order valence-corrected chi connectivity index (χ1v) is 8.37. The van der Waals surface area contributed by atoms with Crippen LogP contribution in [-0.4, -0.2) is 32.2 Å². The van der Waals surface area contributed by atoms with Gasteiger partial charge in [0.2, 0.25) is 5.82 Å². The predicted octanol–water partition coefficient (Wildman–Crippen LogP) is 2.38. The summed E-state index contributed by atoms with van der Waals surface area (Å²) in [5.74, 6) is 0.533. The first kappa shape index (κ1) is 14.1. The van der Waals surface area contributed by atoms with Crippen molar-refractivity contribution in [3.8, 4) is 11.4 Å². The van der Waals surface area contributed by atoms with Gasteiger partial charge in [-0.15, -0.1) is 10.2 Å². The van der Waals surface area contributed by atoms with Crippen molar-refractivity contribution in [3.05, 3.63) is 46.7 Å². The summed E-state index contributed by atoms with van der Waals surface area (Å²) in [7, 11) is 0. The van der Waals surface area contributed by atoms with E-state index in [0.717, 1.165) is 17.7 Å². The van der Waals surface area contributed by atoms with E-state index in [0.29, 0.717) is 5.82 Å². The molecule has 1 amide bonds. The van der Waals surface area contributed by atoms with E-state index in [1.54, 1.807) is 11.3 Å². The lowest BCUT2D eigenvalue weighted by Gasteiger charge is -2.22. The smallest absolute Gasteiger partial charge is 0.250 e. The Morgan fingerprint density at radius 1 is 1.35 bits per heavy atom. The predicted molar refractivity (Wildman–Crippen MR) is 88.2 cm³/mol. The number of thiophene rings is 1. The fraction of sp³-hybridized carbons (Fsp3) is 0.250. The Bertz CT molecular complexity index is 842. The molecule has 0 radical (unpaired) electrons. The molecule has 0 N–H and O–H groups in total. The third-order valence-corrected chi connectivity index (χ3v) is 4.67. The Morgan fingerprint density at radius 3 is 3.04 bits per heavy atom. The second-order valence-corrected chi connectivity index (χ2v) is 6.38. The number of para-hydroxylation sites is 1. The summed E-state index contributed by atoms with van der Waals surface area (Å²) >= 11 is 1.58. The summed E-state index contributed by atoms with van der Waals surface area (Å²) in [5, 5.41) is 16.2. The summed E-state index contributed by atoms with van der Waals surface area (Å²) in [6.07, 6.45) is 0.882. The molecule has 2 aromatic heterocycles. The fourth-order valence-corrected chi connectivity index (χ4v) is 3.59. The number of tetrazole rings is 1. The SMILES string of the molecule is C[C@H]1Cc2ccccc2N1C(=O)Cn1nnc(-c2ccsc2)n1. The molecule has 0 saturated carbocycles. The molecule has 0 aliphatic carbocycles. The molecule has 0 fully saturated rings. The zero-order valence-electron chi connectivity index (χ0n) is 12.6. The highest BCUT2D eigenvalue weighted by Gasteiger charge is 2.30. The monoisotopic (exact) mass is 325 g/mol. The Hall–Kier alpha value is -2.54. The molecule has 4 rings (SSSR count). The van der Waals surface area contributed by atoms with Crippen molar-refractivity contribution >= 4 is 22.9 Å². The van der Waals surface area contributed by atoms with Gasteiger partial charge in [0.05, 0.1) is 0 Å². The highest BCUT2D eigenvalue weighted by molar-refractivity contribution is 7.08. The molecular weight excluding hydrogens is 310 g/mol. The van der Waals surface area contributed by atoms with Crippen LogP contribution in [0.15, 0.2) is 41.1 Å². The molecule has 1 aliphatic heterocycles. The number of carbonyl (C=O) groups is 1. The van der Waals surface area contributed by atoms with Gasteiger partial charge in [-0.3, -0.25) is 4.79 Å². The van der Waals surface area contributed by atoms with Gasteiger partial charge in [-0.25, -0.2) is 0 Å². The van der Waals surface area contributed by atoms with Crippen LogP contribution in [0.5, 0.6) is 0 Å². The van der Waals surface area contributed by atoms with Crippen LogP contribution >= 0.6 is 11.3 Å². The van der Waals surface area contributed by atoms with Gasteiger partial charge < -0.3 is 4.90 Å². The molecule has 3 aromatic rings. The average Bonchev–Trinajstić information content (AvgIpc) is 3.25. The molecule has 6 nitrogen and oxygen atoms in total. The molecule has 23 heavy (non-hydrogen) atoms. The number of anilines is 1. The van der Waals surface area contributed by atoms with Crippen molar-refractivity contribution < 1.29 is 4.79 Å². The molecule has 116 valence electrons. The van der Waals surface area contributed by atoms with Crippen LogP contribution in [0.2, 0.25) is 0 Å². The minimum atomic E-state index is -0.0169. The lowest BCUT2D eigenvalue weighted by Crippen LogP contribution is -2.38. The van der Waals surface area contributed by atoms with E-state index in [9.17, 15) is 4.79 Å². The molecule has 1 aliphatic rings. The van der Waals surface area contributed by atoms with Crippen molar-refractivity contribution in [3.63, 3.8) is 0 Å². The van der Waals surface area contributed by atoms with E-state index in [1.807, 2.05) is 39.9 Å². The normalized spacial score (nSPS) is 16.6. The van der Waals surface area contributed by atoms with Crippen LogP contribution in [0.25, 0.3) is 11.4 Å². The van der Waals surface area contributed by atoms with Crippen molar-refractivity contribution in [2.75, 3.05) is 4.90 Å². The lowest BCUT2D eigenvalue weighted by atomic mass is 10.1. The van der Waals surface area contributed by atoms with E-state index in [2.05, 4.69) is 28.4 Å². The Morgan fingerprint density at radius 2 is 2.22 bits per heavy atom. The largest absolute Gasteiger partial charge is 0.307 e. The number of carbonyl (C=O) groups excluding carboxylic acids is 1. The standard InChI is InChI=1S/C16H15N5OS/c1-11-8-12-4-2-3-5-14(12)21(11)15(22)9-20-18-16(17-19-20)13-6-7-23-10-13/h2-7,10-11H,8-9H2,1H3/t11-/m0/s1. The maximum absolute atomic E-state index is 12.7. The maximum Gasteiger partial charge on any atom is 0.250 e. The van der Waals surface area contributed by atoms with Crippen LogP contribution < -0.4 is 4.90 Å². The molecule has 0 saturated heterocycles. The average molecular weight is 325 g/mol. The van der Waals surface area contributed by atoms with Gasteiger partial charge in [0, 0.05) is 22.7 Å². The molecule has 0 bridgehead atoms. The van der Waals surface area contributed by atoms with Gasteiger partial charge in [-0.05, 0) is 41.6 Å². The number of hydrogen-bond acceptors (Lipinski definition) is 5. The first-order chi connectivity index (χ1) is 11.2. The zero-order valence-corrected chi connectivity index (χ0v) is 13.4. The van der Waals surface area contributed by atoms with Gasteiger partial charge in [-0.1, -0.05) is 18.2 Å². The van der Waals surface area contributed by atoms with Gasteiger partial charge in [0.15, 0.2) is 0 Å². The highest BCUT2D eigenvalue weighted by Crippen LogP contribution is 2.31. The Balaban J connectivity index is 1.55. The summed E-state index contributed by atoms with van der Waals surface area (Å²) in [6, 6.07) is 10.1. The third-order valence-electron chi connectivity index (χ3n) is 3.98. The number of benzene rings is 1. The van der Waals surface area contributed by atoms with E-state index >= 15 is 0 Å². The van der Waals surface area contributed by atoms with E-state index in [-0.39, 0.29) is 18.5 Å². The lowest BCUT2D eigenvalue weighted by molar-refractivity contribution is -0.119. The molecule has 1 aromatic carbocycles. The molecule has 7 heteroatoms.